The molecule has 1 aromatic rings. The highest BCUT2D eigenvalue weighted by atomic mass is 16.5. The van der Waals surface area contributed by atoms with Crippen LogP contribution in [0.25, 0.3) is 0 Å². The second-order valence-corrected chi connectivity index (χ2v) is 3.05. The molecule has 15 heavy (non-hydrogen) atoms. The van der Waals surface area contributed by atoms with E-state index < -0.39 is 0 Å². The Kier molecular flexibility index (Phi) is 4.43. The molecule has 0 unspecified atom stereocenters. The van der Waals surface area contributed by atoms with Crippen molar-refractivity contribution in [1.29, 1.82) is 0 Å². The molecule has 0 amide bonds. The van der Waals surface area contributed by atoms with Gasteiger partial charge in [0, 0.05) is 12.8 Å². The number of ether oxygens (including phenoxy) is 1. The Hall–Kier alpha value is -1.75. The Balaban J connectivity index is 2.75. The van der Waals surface area contributed by atoms with Crippen LogP contribution in [-0.4, -0.2) is 12.9 Å². The van der Waals surface area contributed by atoms with Gasteiger partial charge >= 0.3 is 0 Å². The Morgan fingerprint density at radius 1 is 1.40 bits per heavy atom. The molecule has 0 radical (unpaired) electrons. The summed E-state index contributed by atoms with van der Waals surface area (Å²) in [6.07, 6.45) is 1.05. The molecule has 1 rings (SSSR count). The number of rotatable bonds is 4. The van der Waals surface area contributed by atoms with E-state index in [9.17, 15) is 4.79 Å². The molecule has 0 aliphatic heterocycles. The largest absolute Gasteiger partial charge is 0.496 e. The molecule has 0 aliphatic carbocycles. The van der Waals surface area contributed by atoms with Gasteiger partial charge in [0.15, 0.2) is 5.78 Å². The molecule has 2 heteroatoms. The molecule has 0 bridgehead atoms. The van der Waals surface area contributed by atoms with Crippen molar-refractivity contribution in [1.82, 2.24) is 0 Å². The fourth-order valence-electron chi connectivity index (χ4n) is 1.31. The van der Waals surface area contributed by atoms with Crippen molar-refractivity contribution in [2.75, 3.05) is 7.11 Å². The molecule has 0 saturated heterocycles. The van der Waals surface area contributed by atoms with E-state index in [1.807, 2.05) is 12.1 Å². The fraction of sp³-hybridized carbons (Fsp3) is 0.308. The summed E-state index contributed by atoms with van der Waals surface area (Å²) in [6, 6.07) is 7.25. The van der Waals surface area contributed by atoms with Crippen LogP contribution in [0.1, 0.15) is 30.1 Å². The second kappa shape index (κ2) is 5.87. The van der Waals surface area contributed by atoms with Gasteiger partial charge < -0.3 is 4.74 Å². The average Bonchev–Trinajstić information content (AvgIpc) is 2.29. The van der Waals surface area contributed by atoms with Gasteiger partial charge in [-0.2, -0.15) is 0 Å². The average molecular weight is 202 g/mol. The van der Waals surface area contributed by atoms with Gasteiger partial charge in [0.1, 0.15) is 5.75 Å². The first-order valence-corrected chi connectivity index (χ1v) is 4.85. The van der Waals surface area contributed by atoms with E-state index in [4.69, 9.17) is 4.74 Å². The van der Waals surface area contributed by atoms with Crippen LogP contribution < -0.4 is 4.74 Å². The van der Waals surface area contributed by atoms with Crippen LogP contribution in [0.4, 0.5) is 0 Å². The molecule has 1 aromatic carbocycles. The Morgan fingerprint density at radius 2 is 2.13 bits per heavy atom. The molecule has 0 fully saturated rings. The van der Waals surface area contributed by atoms with Crippen molar-refractivity contribution in [2.24, 2.45) is 0 Å². The third-order valence-corrected chi connectivity index (χ3v) is 2.06. The van der Waals surface area contributed by atoms with E-state index in [-0.39, 0.29) is 5.78 Å². The first kappa shape index (κ1) is 11.3. The van der Waals surface area contributed by atoms with Crippen LogP contribution >= 0.6 is 0 Å². The molecule has 0 aliphatic rings. The minimum absolute atomic E-state index is 0.0789. The third kappa shape index (κ3) is 3.14. The first-order valence-electron chi connectivity index (χ1n) is 4.85. The van der Waals surface area contributed by atoms with Crippen molar-refractivity contribution in [2.45, 2.75) is 19.8 Å². The minimum Gasteiger partial charge on any atom is -0.496 e. The van der Waals surface area contributed by atoms with Crippen molar-refractivity contribution in [3.05, 3.63) is 29.8 Å². The van der Waals surface area contributed by atoms with E-state index in [1.54, 1.807) is 26.2 Å². The van der Waals surface area contributed by atoms with Gasteiger partial charge in [-0.15, -0.1) is 11.8 Å². The van der Waals surface area contributed by atoms with Crippen LogP contribution in [-0.2, 0) is 0 Å². The quantitative estimate of drug-likeness (QED) is 0.554. The lowest BCUT2D eigenvalue weighted by Crippen LogP contribution is -2.01. The van der Waals surface area contributed by atoms with Crippen LogP contribution in [0.15, 0.2) is 24.3 Å². The van der Waals surface area contributed by atoms with Gasteiger partial charge in [0.2, 0.25) is 0 Å². The number of hydrogen-bond acceptors (Lipinski definition) is 2. The Labute approximate surface area is 90.3 Å². The molecule has 0 N–H and O–H groups in total. The van der Waals surface area contributed by atoms with E-state index in [1.165, 1.54) is 0 Å². The number of hydrogen-bond donors (Lipinski definition) is 0. The number of carbonyl (C=O) groups is 1. The van der Waals surface area contributed by atoms with Crippen molar-refractivity contribution >= 4 is 5.78 Å². The summed E-state index contributed by atoms with van der Waals surface area (Å²) in [6.45, 7) is 1.77. The number of para-hydroxylation sites is 1. The van der Waals surface area contributed by atoms with Crippen molar-refractivity contribution in [3.8, 4) is 17.6 Å². The standard InChI is InChI=1S/C13H14O2/c1-3-4-5-9-12(14)11-8-6-7-10-13(11)15-2/h6-8,10H,5,9H2,1-2H3. The zero-order chi connectivity index (χ0) is 11.1. The van der Waals surface area contributed by atoms with Crippen LogP contribution in [0.3, 0.4) is 0 Å². The van der Waals surface area contributed by atoms with Crippen molar-refractivity contribution in [3.63, 3.8) is 0 Å². The van der Waals surface area contributed by atoms with E-state index in [0.717, 1.165) is 0 Å². The lowest BCUT2D eigenvalue weighted by Gasteiger charge is -2.05. The van der Waals surface area contributed by atoms with Crippen molar-refractivity contribution < 1.29 is 9.53 Å². The molecule has 78 valence electrons. The monoisotopic (exact) mass is 202 g/mol. The Morgan fingerprint density at radius 3 is 2.80 bits per heavy atom. The van der Waals surface area contributed by atoms with Gasteiger partial charge in [-0.1, -0.05) is 12.1 Å². The minimum atomic E-state index is 0.0789. The molecular weight excluding hydrogens is 188 g/mol. The van der Waals surface area contributed by atoms with Gasteiger partial charge in [0.25, 0.3) is 0 Å². The van der Waals surface area contributed by atoms with Gasteiger partial charge in [-0.3, -0.25) is 4.79 Å². The normalized spacial score (nSPS) is 8.93. The molecule has 2 nitrogen and oxygen atoms in total. The summed E-state index contributed by atoms with van der Waals surface area (Å²) in [5.41, 5.74) is 0.637. The smallest absolute Gasteiger partial charge is 0.167 e. The lowest BCUT2D eigenvalue weighted by atomic mass is 10.1. The van der Waals surface area contributed by atoms with E-state index in [2.05, 4.69) is 11.8 Å². The summed E-state index contributed by atoms with van der Waals surface area (Å²) in [5.74, 6) is 6.35. The van der Waals surface area contributed by atoms with E-state index in [0.29, 0.717) is 24.2 Å². The highest BCUT2D eigenvalue weighted by Crippen LogP contribution is 2.19. The topological polar surface area (TPSA) is 26.3 Å². The van der Waals surface area contributed by atoms with Gasteiger partial charge in [0.05, 0.1) is 12.7 Å². The summed E-state index contributed by atoms with van der Waals surface area (Å²) >= 11 is 0. The summed E-state index contributed by atoms with van der Waals surface area (Å²) in [5, 5.41) is 0. The number of benzene rings is 1. The number of Topliss-reactive ketones (excluding diaryl/α,β-unsaturated/α-hetero) is 1. The SMILES string of the molecule is CC#CCCC(=O)c1ccccc1OC. The maximum atomic E-state index is 11.8. The fourth-order valence-corrected chi connectivity index (χ4v) is 1.31. The zero-order valence-corrected chi connectivity index (χ0v) is 9.04. The molecule has 0 atom stereocenters. The molecule has 0 spiro atoms. The number of carbonyl (C=O) groups excluding carboxylic acids is 1. The number of ketones is 1. The predicted octanol–water partition coefficient (Wildman–Crippen LogP) is 2.68. The van der Waals surface area contributed by atoms with Gasteiger partial charge in [-0.05, 0) is 19.1 Å². The lowest BCUT2D eigenvalue weighted by molar-refractivity contribution is 0.0981. The second-order valence-electron chi connectivity index (χ2n) is 3.05. The highest BCUT2D eigenvalue weighted by Gasteiger charge is 2.09. The van der Waals surface area contributed by atoms with Crippen LogP contribution in [0.2, 0.25) is 0 Å². The maximum Gasteiger partial charge on any atom is 0.167 e. The molecule has 0 heterocycles. The summed E-state index contributed by atoms with van der Waals surface area (Å²) in [4.78, 5) is 11.8. The summed E-state index contributed by atoms with van der Waals surface area (Å²) < 4.78 is 5.12. The van der Waals surface area contributed by atoms with Gasteiger partial charge in [-0.25, -0.2) is 0 Å². The molecular formula is C13H14O2. The highest BCUT2D eigenvalue weighted by molar-refractivity contribution is 5.98. The Bertz CT molecular complexity index is 396. The van der Waals surface area contributed by atoms with Crippen LogP contribution in [0, 0.1) is 11.8 Å². The zero-order valence-electron chi connectivity index (χ0n) is 9.04. The molecule has 0 saturated carbocycles. The van der Waals surface area contributed by atoms with E-state index >= 15 is 0 Å². The molecule has 0 aromatic heterocycles. The number of methoxy groups -OCH3 is 1. The first-order chi connectivity index (χ1) is 7.29. The summed E-state index contributed by atoms with van der Waals surface area (Å²) in [7, 11) is 1.57. The van der Waals surface area contributed by atoms with Crippen LogP contribution in [0.5, 0.6) is 5.75 Å². The third-order valence-electron chi connectivity index (χ3n) is 2.06. The predicted molar refractivity (Wildman–Crippen MR) is 60.0 cm³/mol. The maximum absolute atomic E-state index is 11.8.